The van der Waals surface area contributed by atoms with Crippen molar-refractivity contribution < 1.29 is 9.53 Å². The fourth-order valence-electron chi connectivity index (χ4n) is 3.32. The summed E-state index contributed by atoms with van der Waals surface area (Å²) < 4.78 is 6.29. The molecule has 26 heavy (non-hydrogen) atoms. The van der Waals surface area contributed by atoms with E-state index in [0.29, 0.717) is 0 Å². The van der Waals surface area contributed by atoms with E-state index in [0.717, 1.165) is 52.7 Å². The van der Waals surface area contributed by atoms with Crippen LogP contribution in [0.3, 0.4) is 0 Å². The van der Waals surface area contributed by atoms with Gasteiger partial charge < -0.3 is 14.5 Å². The minimum absolute atomic E-state index is 0.104. The van der Waals surface area contributed by atoms with E-state index in [9.17, 15) is 4.79 Å². The van der Waals surface area contributed by atoms with Crippen LogP contribution in [0.25, 0.3) is 10.2 Å². The fourth-order valence-corrected chi connectivity index (χ4v) is 4.18. The van der Waals surface area contributed by atoms with E-state index in [1.807, 2.05) is 42.2 Å². The van der Waals surface area contributed by atoms with Crippen LogP contribution in [0.2, 0.25) is 0 Å². The molecule has 134 valence electrons. The van der Waals surface area contributed by atoms with Crippen LogP contribution >= 0.6 is 11.3 Å². The highest BCUT2D eigenvalue weighted by atomic mass is 32.1. The Balaban J connectivity index is 1.43. The first-order chi connectivity index (χ1) is 12.6. The van der Waals surface area contributed by atoms with Gasteiger partial charge in [-0.25, -0.2) is 4.98 Å². The molecule has 0 saturated carbocycles. The van der Waals surface area contributed by atoms with Gasteiger partial charge >= 0.3 is 0 Å². The average Bonchev–Trinajstić information content (AvgIpc) is 3.07. The summed E-state index contributed by atoms with van der Waals surface area (Å²) in [6.07, 6.45) is 0. The van der Waals surface area contributed by atoms with E-state index in [2.05, 4.69) is 22.0 Å². The smallest absolute Gasteiger partial charge is 0.254 e. The molecule has 0 radical (unpaired) electrons. The molecule has 0 unspecified atom stereocenters. The highest BCUT2D eigenvalue weighted by Gasteiger charge is 2.22. The normalized spacial score (nSPS) is 14.7. The SMILES string of the molecule is COc1ccc(N2CCN(C(=O)c3ccc4nc(C)sc4c3)CC2)cc1. The molecule has 0 atom stereocenters. The summed E-state index contributed by atoms with van der Waals surface area (Å²) in [7, 11) is 1.67. The number of nitrogens with zero attached hydrogens (tertiary/aromatic N) is 3. The monoisotopic (exact) mass is 367 g/mol. The highest BCUT2D eigenvalue weighted by Crippen LogP contribution is 2.24. The molecular weight excluding hydrogens is 346 g/mol. The fraction of sp³-hybridized carbons (Fsp3) is 0.300. The van der Waals surface area contributed by atoms with E-state index >= 15 is 0 Å². The number of ether oxygens (including phenoxy) is 1. The lowest BCUT2D eigenvalue weighted by atomic mass is 10.1. The molecular formula is C20H21N3O2S. The van der Waals surface area contributed by atoms with Gasteiger partial charge in [0.2, 0.25) is 0 Å². The molecule has 1 fully saturated rings. The zero-order valence-corrected chi connectivity index (χ0v) is 15.8. The van der Waals surface area contributed by atoms with Crippen molar-refractivity contribution in [3.63, 3.8) is 0 Å². The predicted molar refractivity (Wildman–Crippen MR) is 105 cm³/mol. The van der Waals surface area contributed by atoms with Gasteiger partial charge in [0.1, 0.15) is 5.75 Å². The number of aryl methyl sites for hydroxylation is 1. The molecule has 1 saturated heterocycles. The number of benzene rings is 2. The van der Waals surface area contributed by atoms with Crippen LogP contribution in [0.4, 0.5) is 5.69 Å². The van der Waals surface area contributed by atoms with Gasteiger partial charge in [0.05, 0.1) is 22.3 Å². The average molecular weight is 367 g/mol. The molecule has 1 amide bonds. The number of carbonyl (C=O) groups is 1. The summed E-state index contributed by atoms with van der Waals surface area (Å²) in [5, 5.41) is 1.03. The number of hydrogen-bond donors (Lipinski definition) is 0. The number of anilines is 1. The topological polar surface area (TPSA) is 45.7 Å². The second-order valence-corrected chi connectivity index (χ2v) is 7.63. The summed E-state index contributed by atoms with van der Waals surface area (Å²) in [5.41, 5.74) is 2.88. The summed E-state index contributed by atoms with van der Waals surface area (Å²) in [4.78, 5) is 21.6. The standard InChI is InChI=1S/C20H21N3O2S/c1-14-21-18-8-3-15(13-19(18)26-14)20(24)23-11-9-22(10-12-23)16-4-6-17(25-2)7-5-16/h3-8,13H,9-12H2,1-2H3. The maximum atomic E-state index is 12.9. The molecule has 0 spiro atoms. The first-order valence-corrected chi connectivity index (χ1v) is 9.51. The largest absolute Gasteiger partial charge is 0.497 e. The second kappa shape index (κ2) is 6.96. The summed E-state index contributed by atoms with van der Waals surface area (Å²) in [6.45, 7) is 5.11. The molecule has 2 aromatic carbocycles. The van der Waals surface area contributed by atoms with Crippen LogP contribution in [0, 0.1) is 6.92 Å². The van der Waals surface area contributed by atoms with Crippen molar-refractivity contribution >= 4 is 33.1 Å². The van der Waals surface area contributed by atoms with Crippen molar-refractivity contribution in [1.82, 2.24) is 9.88 Å². The molecule has 1 aliphatic rings. The van der Waals surface area contributed by atoms with Gasteiger partial charge in [-0.15, -0.1) is 11.3 Å². The third-order valence-corrected chi connectivity index (χ3v) is 5.68. The number of carbonyl (C=O) groups excluding carboxylic acids is 1. The quantitative estimate of drug-likeness (QED) is 0.710. The van der Waals surface area contributed by atoms with Gasteiger partial charge in [-0.1, -0.05) is 0 Å². The Morgan fingerprint density at radius 1 is 1.08 bits per heavy atom. The maximum absolute atomic E-state index is 12.9. The number of thiazole rings is 1. The van der Waals surface area contributed by atoms with Gasteiger partial charge in [-0.2, -0.15) is 0 Å². The van der Waals surface area contributed by atoms with Crippen LogP contribution in [-0.4, -0.2) is 49.1 Å². The van der Waals surface area contributed by atoms with Crippen LogP contribution < -0.4 is 9.64 Å². The summed E-state index contributed by atoms with van der Waals surface area (Å²) in [5.74, 6) is 0.962. The van der Waals surface area contributed by atoms with Crippen LogP contribution in [0.1, 0.15) is 15.4 Å². The summed E-state index contributed by atoms with van der Waals surface area (Å²) >= 11 is 1.63. The van der Waals surface area contributed by atoms with Gasteiger partial charge in [0.25, 0.3) is 5.91 Å². The van der Waals surface area contributed by atoms with Gasteiger partial charge in [-0.3, -0.25) is 4.79 Å². The number of aromatic nitrogens is 1. The lowest BCUT2D eigenvalue weighted by Gasteiger charge is -2.36. The van der Waals surface area contributed by atoms with E-state index in [-0.39, 0.29) is 5.91 Å². The molecule has 1 aliphatic heterocycles. The number of piperazine rings is 1. The van der Waals surface area contributed by atoms with Gasteiger partial charge in [0.15, 0.2) is 0 Å². The molecule has 0 N–H and O–H groups in total. The predicted octanol–water partition coefficient (Wildman–Crippen LogP) is 3.58. The Kier molecular flexibility index (Phi) is 4.51. The Hall–Kier alpha value is -2.60. The van der Waals surface area contributed by atoms with Crippen LogP contribution in [0.15, 0.2) is 42.5 Å². The molecule has 1 aromatic heterocycles. The first-order valence-electron chi connectivity index (χ1n) is 8.69. The van der Waals surface area contributed by atoms with Crippen molar-refractivity contribution in [2.45, 2.75) is 6.92 Å². The molecule has 5 nitrogen and oxygen atoms in total. The molecule has 4 rings (SSSR count). The van der Waals surface area contributed by atoms with E-state index in [1.165, 1.54) is 5.69 Å². The molecule has 2 heterocycles. The zero-order chi connectivity index (χ0) is 18.1. The Bertz CT molecular complexity index is 928. The second-order valence-electron chi connectivity index (χ2n) is 6.39. The van der Waals surface area contributed by atoms with Crippen molar-refractivity contribution in [1.29, 1.82) is 0 Å². The molecule has 6 heteroatoms. The van der Waals surface area contributed by atoms with E-state index in [1.54, 1.807) is 18.4 Å². The maximum Gasteiger partial charge on any atom is 0.254 e. The minimum Gasteiger partial charge on any atom is -0.497 e. The number of methoxy groups -OCH3 is 1. The summed E-state index contributed by atoms with van der Waals surface area (Å²) in [6, 6.07) is 13.9. The van der Waals surface area contributed by atoms with Gasteiger partial charge in [0, 0.05) is 37.4 Å². The lowest BCUT2D eigenvalue weighted by Crippen LogP contribution is -2.48. The molecule has 3 aromatic rings. The number of fused-ring (bicyclic) bond motifs is 1. The van der Waals surface area contributed by atoms with E-state index in [4.69, 9.17) is 4.74 Å². The van der Waals surface area contributed by atoms with Crippen molar-refractivity contribution in [3.05, 3.63) is 53.0 Å². The van der Waals surface area contributed by atoms with Crippen molar-refractivity contribution in [2.24, 2.45) is 0 Å². The van der Waals surface area contributed by atoms with Crippen molar-refractivity contribution in [3.8, 4) is 5.75 Å². The zero-order valence-electron chi connectivity index (χ0n) is 14.9. The lowest BCUT2D eigenvalue weighted by molar-refractivity contribution is 0.0747. The number of amides is 1. The highest BCUT2D eigenvalue weighted by molar-refractivity contribution is 7.18. The number of hydrogen-bond acceptors (Lipinski definition) is 5. The Morgan fingerprint density at radius 3 is 2.50 bits per heavy atom. The third kappa shape index (κ3) is 3.24. The molecule has 0 aliphatic carbocycles. The Morgan fingerprint density at radius 2 is 1.81 bits per heavy atom. The molecule has 0 bridgehead atoms. The number of rotatable bonds is 3. The third-order valence-electron chi connectivity index (χ3n) is 4.75. The van der Waals surface area contributed by atoms with Crippen molar-refractivity contribution in [2.75, 3.05) is 38.2 Å². The van der Waals surface area contributed by atoms with Crippen LogP contribution in [0.5, 0.6) is 5.75 Å². The van der Waals surface area contributed by atoms with Crippen LogP contribution in [-0.2, 0) is 0 Å². The van der Waals surface area contributed by atoms with Gasteiger partial charge in [-0.05, 0) is 49.4 Å². The van der Waals surface area contributed by atoms with E-state index < -0.39 is 0 Å². The first kappa shape index (κ1) is 16.8. The minimum atomic E-state index is 0.104. The Labute approximate surface area is 156 Å².